The lowest BCUT2D eigenvalue weighted by Crippen LogP contribution is -2.16. The number of hydrogen-bond donors (Lipinski definition) is 1. The van der Waals surface area contributed by atoms with Crippen LogP contribution in [-0.2, 0) is 9.53 Å². The van der Waals surface area contributed by atoms with Crippen molar-refractivity contribution >= 4 is 14.0 Å². The SMILES string of the molecule is COC(C)=C(Oc1cc(C#C[Si](C)(C)C)ccc1C)C(=O)O. The predicted molar refractivity (Wildman–Crippen MR) is 89.4 cm³/mol. The molecule has 0 heterocycles. The van der Waals surface area contributed by atoms with Crippen LogP contribution in [0.2, 0.25) is 19.6 Å². The summed E-state index contributed by atoms with van der Waals surface area (Å²) < 4.78 is 10.5. The van der Waals surface area contributed by atoms with E-state index in [0.29, 0.717) is 5.75 Å². The number of hydrogen-bond acceptors (Lipinski definition) is 3. The Morgan fingerprint density at radius 1 is 1.27 bits per heavy atom. The van der Waals surface area contributed by atoms with Gasteiger partial charge in [0.2, 0.25) is 5.76 Å². The molecule has 0 radical (unpaired) electrons. The zero-order chi connectivity index (χ0) is 16.9. The second-order valence-electron chi connectivity index (χ2n) is 5.98. The molecule has 22 heavy (non-hydrogen) atoms. The monoisotopic (exact) mass is 318 g/mol. The number of aryl methyl sites for hydroxylation is 1. The van der Waals surface area contributed by atoms with Gasteiger partial charge >= 0.3 is 5.97 Å². The molecular formula is C17H22O4Si. The molecule has 0 saturated heterocycles. The highest BCUT2D eigenvalue weighted by atomic mass is 28.3. The molecule has 118 valence electrons. The Bertz CT molecular complexity index is 657. The van der Waals surface area contributed by atoms with Crippen LogP contribution in [0.4, 0.5) is 0 Å². The minimum absolute atomic E-state index is 0.213. The first-order chi connectivity index (χ1) is 10.1. The summed E-state index contributed by atoms with van der Waals surface area (Å²) >= 11 is 0. The Hall–Kier alpha value is -2.19. The van der Waals surface area contributed by atoms with E-state index >= 15 is 0 Å². The first-order valence-corrected chi connectivity index (χ1v) is 10.4. The average Bonchev–Trinajstić information content (AvgIpc) is 2.42. The standard InChI is InChI=1S/C17H22O4Si/c1-12-7-8-14(9-10-22(4,5)6)11-15(12)21-16(17(18)19)13(2)20-3/h7-8,11H,1-6H3,(H,18,19). The molecular weight excluding hydrogens is 296 g/mol. The third kappa shape index (κ3) is 5.30. The minimum Gasteiger partial charge on any atom is -0.497 e. The fourth-order valence-corrected chi connectivity index (χ4v) is 2.04. The highest BCUT2D eigenvalue weighted by molar-refractivity contribution is 6.83. The Balaban J connectivity index is 3.20. The van der Waals surface area contributed by atoms with Gasteiger partial charge in [-0.2, -0.15) is 0 Å². The fraction of sp³-hybridized carbons (Fsp3) is 0.353. The number of rotatable bonds is 4. The van der Waals surface area contributed by atoms with Gasteiger partial charge in [0.15, 0.2) is 0 Å². The highest BCUT2D eigenvalue weighted by Crippen LogP contribution is 2.23. The second-order valence-corrected chi connectivity index (χ2v) is 10.7. The third-order valence-electron chi connectivity index (χ3n) is 2.80. The number of benzene rings is 1. The first kappa shape index (κ1) is 17.9. The quantitative estimate of drug-likeness (QED) is 0.399. The van der Waals surface area contributed by atoms with Gasteiger partial charge in [0.05, 0.1) is 7.11 Å². The smallest absolute Gasteiger partial charge is 0.375 e. The average molecular weight is 318 g/mol. The molecule has 1 aromatic carbocycles. The second kappa shape index (κ2) is 7.19. The van der Waals surface area contributed by atoms with Crippen LogP contribution in [0.15, 0.2) is 29.7 Å². The molecule has 0 atom stereocenters. The van der Waals surface area contributed by atoms with Gasteiger partial charge in [0.25, 0.3) is 0 Å². The largest absolute Gasteiger partial charge is 0.497 e. The summed E-state index contributed by atoms with van der Waals surface area (Å²) in [5, 5.41) is 9.22. The predicted octanol–water partition coefficient (Wildman–Crippen LogP) is 3.57. The van der Waals surface area contributed by atoms with Gasteiger partial charge in [-0.1, -0.05) is 31.6 Å². The van der Waals surface area contributed by atoms with Crippen LogP contribution in [-0.4, -0.2) is 26.3 Å². The van der Waals surface area contributed by atoms with Crippen molar-refractivity contribution in [2.75, 3.05) is 7.11 Å². The van der Waals surface area contributed by atoms with Crippen molar-refractivity contribution in [3.8, 4) is 17.2 Å². The summed E-state index contributed by atoms with van der Waals surface area (Å²) in [6.07, 6.45) is 0. The van der Waals surface area contributed by atoms with E-state index in [1.54, 1.807) is 13.0 Å². The van der Waals surface area contributed by atoms with Gasteiger partial charge < -0.3 is 14.6 Å². The van der Waals surface area contributed by atoms with Crippen molar-refractivity contribution in [1.29, 1.82) is 0 Å². The van der Waals surface area contributed by atoms with E-state index in [-0.39, 0.29) is 11.5 Å². The fourth-order valence-electron chi connectivity index (χ4n) is 1.52. The van der Waals surface area contributed by atoms with Crippen LogP contribution < -0.4 is 4.74 Å². The Morgan fingerprint density at radius 2 is 1.91 bits per heavy atom. The van der Waals surface area contributed by atoms with Crippen LogP contribution in [0.5, 0.6) is 5.75 Å². The van der Waals surface area contributed by atoms with Gasteiger partial charge in [-0.15, -0.1) is 5.54 Å². The summed E-state index contributed by atoms with van der Waals surface area (Å²) in [6, 6.07) is 5.53. The van der Waals surface area contributed by atoms with E-state index in [9.17, 15) is 9.90 Å². The summed E-state index contributed by atoms with van der Waals surface area (Å²) in [5.41, 5.74) is 4.92. The van der Waals surface area contributed by atoms with E-state index in [1.807, 2.05) is 19.1 Å². The summed E-state index contributed by atoms with van der Waals surface area (Å²) in [7, 11) is -0.0628. The lowest BCUT2D eigenvalue weighted by molar-refractivity contribution is -0.135. The van der Waals surface area contributed by atoms with Crippen molar-refractivity contribution in [3.63, 3.8) is 0 Å². The Labute approximate surface area is 132 Å². The number of carboxylic acids is 1. The minimum atomic E-state index is -1.47. The molecule has 0 bridgehead atoms. The summed E-state index contributed by atoms with van der Waals surface area (Å²) in [4.78, 5) is 11.3. The van der Waals surface area contributed by atoms with Crippen molar-refractivity contribution in [1.82, 2.24) is 0 Å². The van der Waals surface area contributed by atoms with Gasteiger partial charge in [-0.05, 0) is 31.5 Å². The summed E-state index contributed by atoms with van der Waals surface area (Å²) in [6.45, 7) is 9.90. The van der Waals surface area contributed by atoms with Crippen LogP contribution in [0.25, 0.3) is 0 Å². The molecule has 0 aliphatic carbocycles. The number of allylic oxidation sites excluding steroid dienone is 1. The van der Waals surface area contributed by atoms with Gasteiger partial charge in [0, 0.05) is 5.56 Å². The van der Waals surface area contributed by atoms with E-state index in [0.717, 1.165) is 11.1 Å². The van der Waals surface area contributed by atoms with Gasteiger partial charge in [0.1, 0.15) is 19.6 Å². The lowest BCUT2D eigenvalue weighted by atomic mass is 10.1. The van der Waals surface area contributed by atoms with E-state index < -0.39 is 14.0 Å². The first-order valence-electron chi connectivity index (χ1n) is 6.94. The topological polar surface area (TPSA) is 55.8 Å². The molecule has 0 spiro atoms. The molecule has 4 nitrogen and oxygen atoms in total. The van der Waals surface area contributed by atoms with Crippen LogP contribution >= 0.6 is 0 Å². The van der Waals surface area contributed by atoms with Crippen LogP contribution in [0.3, 0.4) is 0 Å². The van der Waals surface area contributed by atoms with Crippen LogP contribution in [0, 0.1) is 18.4 Å². The number of carboxylic acid groups (broad SMARTS) is 1. The molecule has 0 saturated carbocycles. The van der Waals surface area contributed by atoms with Crippen molar-refractivity contribution in [2.24, 2.45) is 0 Å². The molecule has 0 fully saturated rings. The van der Waals surface area contributed by atoms with Gasteiger partial charge in [-0.3, -0.25) is 0 Å². The van der Waals surface area contributed by atoms with Crippen molar-refractivity contribution < 1.29 is 19.4 Å². The molecule has 0 aromatic heterocycles. The van der Waals surface area contributed by atoms with Crippen molar-refractivity contribution in [3.05, 3.63) is 40.8 Å². The number of methoxy groups -OCH3 is 1. The Kier molecular flexibility index (Phi) is 5.83. The lowest BCUT2D eigenvalue weighted by Gasteiger charge is -2.12. The zero-order valence-corrected chi connectivity index (χ0v) is 14.9. The molecule has 0 amide bonds. The van der Waals surface area contributed by atoms with Crippen LogP contribution in [0.1, 0.15) is 18.1 Å². The van der Waals surface area contributed by atoms with Crippen molar-refractivity contribution in [2.45, 2.75) is 33.5 Å². The molecule has 5 heteroatoms. The molecule has 0 unspecified atom stereocenters. The number of aliphatic carboxylic acids is 1. The summed E-state index contributed by atoms with van der Waals surface area (Å²) in [5.74, 6) is 2.43. The normalized spacial score (nSPS) is 11.9. The zero-order valence-electron chi connectivity index (χ0n) is 13.9. The molecule has 1 aromatic rings. The highest BCUT2D eigenvalue weighted by Gasteiger charge is 2.17. The van der Waals surface area contributed by atoms with Gasteiger partial charge in [-0.25, -0.2) is 4.79 Å². The third-order valence-corrected chi connectivity index (χ3v) is 3.68. The molecule has 0 aliphatic rings. The Morgan fingerprint density at radius 3 is 2.41 bits per heavy atom. The molecule has 1 rings (SSSR count). The maximum atomic E-state index is 11.3. The maximum Gasteiger partial charge on any atom is 0.375 e. The molecule has 0 aliphatic heterocycles. The number of carbonyl (C=O) groups is 1. The number of ether oxygens (including phenoxy) is 2. The van der Waals surface area contributed by atoms with E-state index in [2.05, 4.69) is 31.1 Å². The maximum absolute atomic E-state index is 11.3. The van der Waals surface area contributed by atoms with E-state index in [4.69, 9.17) is 9.47 Å². The molecule has 1 N–H and O–H groups in total. The van der Waals surface area contributed by atoms with E-state index in [1.165, 1.54) is 7.11 Å².